The third kappa shape index (κ3) is 2.36. The molecule has 0 fully saturated rings. The Morgan fingerprint density at radius 3 is 2.78 bits per heavy atom. The van der Waals surface area contributed by atoms with Crippen LogP contribution in [-0.4, -0.2) is 21.5 Å². The first kappa shape index (κ1) is 13.6. The van der Waals surface area contributed by atoms with Crippen LogP contribution in [0, 0.1) is 0 Å². The quantitative estimate of drug-likeness (QED) is 0.627. The predicted molar refractivity (Wildman–Crippen MR) is 90.8 cm³/mol. The van der Waals surface area contributed by atoms with E-state index in [0.29, 0.717) is 6.54 Å². The maximum atomic E-state index is 5.40. The number of para-hydroxylation sites is 3. The lowest BCUT2D eigenvalue weighted by molar-refractivity contribution is 0.410. The van der Waals surface area contributed by atoms with Gasteiger partial charge in [0.1, 0.15) is 11.3 Å². The average Bonchev–Trinajstić information content (AvgIpc) is 3.10. The normalized spacial score (nSPS) is 11.0. The van der Waals surface area contributed by atoms with Gasteiger partial charge in [0, 0.05) is 12.1 Å². The van der Waals surface area contributed by atoms with Crippen molar-refractivity contribution in [3.63, 3.8) is 0 Å². The Kier molecular flexibility index (Phi) is 3.31. The van der Waals surface area contributed by atoms with E-state index in [0.717, 1.165) is 33.7 Å². The molecule has 0 bridgehead atoms. The van der Waals surface area contributed by atoms with Crippen molar-refractivity contribution in [3.05, 3.63) is 66.6 Å². The van der Waals surface area contributed by atoms with E-state index < -0.39 is 0 Å². The molecule has 0 unspecified atom stereocenters. The summed E-state index contributed by atoms with van der Waals surface area (Å²) in [4.78, 5) is 8.99. The summed E-state index contributed by atoms with van der Waals surface area (Å²) in [6, 6.07) is 16.0. The van der Waals surface area contributed by atoms with Gasteiger partial charge >= 0.3 is 0 Å². The molecule has 0 saturated carbocycles. The number of imidazole rings is 1. The van der Waals surface area contributed by atoms with Crippen LogP contribution in [0.1, 0.15) is 5.56 Å². The van der Waals surface area contributed by atoms with Crippen molar-refractivity contribution in [1.29, 1.82) is 0 Å². The SMILES string of the molecule is COc1ccccc1CNc1nc2ccccc2n2cncc12. The maximum absolute atomic E-state index is 5.40. The molecule has 23 heavy (non-hydrogen) atoms. The number of anilines is 1. The number of nitrogens with zero attached hydrogens (tertiary/aromatic N) is 3. The van der Waals surface area contributed by atoms with Crippen molar-refractivity contribution in [2.45, 2.75) is 6.54 Å². The lowest BCUT2D eigenvalue weighted by atomic mass is 10.2. The van der Waals surface area contributed by atoms with Gasteiger partial charge in [0.25, 0.3) is 0 Å². The molecule has 5 heteroatoms. The van der Waals surface area contributed by atoms with Crippen LogP contribution >= 0.6 is 0 Å². The number of nitrogens with one attached hydrogen (secondary N) is 1. The van der Waals surface area contributed by atoms with E-state index in [2.05, 4.69) is 10.3 Å². The van der Waals surface area contributed by atoms with Crippen LogP contribution in [0.15, 0.2) is 61.1 Å². The van der Waals surface area contributed by atoms with Crippen molar-refractivity contribution >= 4 is 22.4 Å². The van der Waals surface area contributed by atoms with Gasteiger partial charge in [-0.3, -0.25) is 4.40 Å². The highest BCUT2D eigenvalue weighted by atomic mass is 16.5. The molecule has 0 radical (unpaired) electrons. The van der Waals surface area contributed by atoms with E-state index in [4.69, 9.17) is 9.72 Å². The van der Waals surface area contributed by atoms with Gasteiger partial charge in [-0.25, -0.2) is 9.97 Å². The summed E-state index contributed by atoms with van der Waals surface area (Å²) >= 11 is 0. The summed E-state index contributed by atoms with van der Waals surface area (Å²) in [6.45, 7) is 0.635. The molecule has 2 heterocycles. The van der Waals surface area contributed by atoms with Crippen LogP contribution < -0.4 is 10.1 Å². The van der Waals surface area contributed by atoms with Gasteiger partial charge in [-0.1, -0.05) is 30.3 Å². The number of ether oxygens (including phenoxy) is 1. The van der Waals surface area contributed by atoms with E-state index in [1.165, 1.54) is 0 Å². The molecule has 114 valence electrons. The predicted octanol–water partition coefficient (Wildman–Crippen LogP) is 3.50. The van der Waals surface area contributed by atoms with Crippen molar-refractivity contribution in [3.8, 4) is 5.75 Å². The fraction of sp³-hybridized carbons (Fsp3) is 0.111. The molecule has 0 atom stereocenters. The number of methoxy groups -OCH3 is 1. The van der Waals surface area contributed by atoms with Crippen molar-refractivity contribution < 1.29 is 4.74 Å². The highest BCUT2D eigenvalue weighted by molar-refractivity contribution is 5.84. The first-order valence-corrected chi connectivity index (χ1v) is 7.43. The van der Waals surface area contributed by atoms with Crippen molar-refractivity contribution in [1.82, 2.24) is 14.4 Å². The lowest BCUT2D eigenvalue weighted by Gasteiger charge is -2.12. The fourth-order valence-corrected chi connectivity index (χ4v) is 2.76. The minimum absolute atomic E-state index is 0.635. The van der Waals surface area contributed by atoms with E-state index in [1.807, 2.05) is 65.5 Å². The zero-order valence-corrected chi connectivity index (χ0v) is 12.7. The van der Waals surface area contributed by atoms with Gasteiger partial charge in [0.2, 0.25) is 0 Å². The minimum Gasteiger partial charge on any atom is -0.496 e. The van der Waals surface area contributed by atoms with Gasteiger partial charge in [0.15, 0.2) is 5.82 Å². The van der Waals surface area contributed by atoms with Crippen LogP contribution in [-0.2, 0) is 6.54 Å². The molecule has 0 aliphatic heterocycles. The van der Waals surface area contributed by atoms with Gasteiger partial charge in [-0.2, -0.15) is 0 Å². The number of rotatable bonds is 4. The summed E-state index contributed by atoms with van der Waals surface area (Å²) < 4.78 is 7.45. The standard InChI is InChI=1S/C18H16N4O/c1-23-17-9-5-2-6-13(17)10-20-18-16-11-19-12-22(16)15-8-4-3-7-14(15)21-18/h2-9,11-12H,10H2,1H3,(H,20,21). The molecule has 4 rings (SSSR count). The second-order valence-electron chi connectivity index (χ2n) is 5.26. The second kappa shape index (κ2) is 5.61. The monoisotopic (exact) mass is 304 g/mol. The Morgan fingerprint density at radius 1 is 1.04 bits per heavy atom. The lowest BCUT2D eigenvalue weighted by Crippen LogP contribution is -2.05. The van der Waals surface area contributed by atoms with Crippen LogP contribution in [0.4, 0.5) is 5.82 Å². The third-order valence-corrected chi connectivity index (χ3v) is 3.89. The van der Waals surface area contributed by atoms with E-state index in [-0.39, 0.29) is 0 Å². The zero-order valence-electron chi connectivity index (χ0n) is 12.7. The summed E-state index contributed by atoms with van der Waals surface area (Å²) in [5, 5.41) is 3.40. The van der Waals surface area contributed by atoms with E-state index in [1.54, 1.807) is 7.11 Å². The number of aromatic nitrogens is 3. The molecule has 0 amide bonds. The van der Waals surface area contributed by atoms with E-state index >= 15 is 0 Å². The molecule has 2 aromatic heterocycles. The van der Waals surface area contributed by atoms with Crippen LogP contribution in [0.5, 0.6) is 5.75 Å². The third-order valence-electron chi connectivity index (χ3n) is 3.89. The molecule has 0 aliphatic rings. The Bertz CT molecular complexity index is 977. The van der Waals surface area contributed by atoms with Crippen LogP contribution in [0.25, 0.3) is 16.6 Å². The Hall–Kier alpha value is -3.08. The molecule has 5 nitrogen and oxygen atoms in total. The molecule has 0 spiro atoms. The number of fused-ring (bicyclic) bond motifs is 3. The van der Waals surface area contributed by atoms with Crippen molar-refractivity contribution in [2.75, 3.05) is 12.4 Å². The molecular weight excluding hydrogens is 288 g/mol. The van der Waals surface area contributed by atoms with Crippen molar-refractivity contribution in [2.24, 2.45) is 0 Å². The fourth-order valence-electron chi connectivity index (χ4n) is 2.76. The topological polar surface area (TPSA) is 51.5 Å². The van der Waals surface area contributed by atoms with Gasteiger partial charge < -0.3 is 10.1 Å². The summed E-state index contributed by atoms with van der Waals surface area (Å²) in [6.07, 6.45) is 3.64. The Morgan fingerprint density at radius 2 is 1.87 bits per heavy atom. The minimum atomic E-state index is 0.635. The summed E-state index contributed by atoms with van der Waals surface area (Å²) in [5.41, 5.74) is 4.02. The zero-order chi connectivity index (χ0) is 15.6. The first-order valence-electron chi connectivity index (χ1n) is 7.43. The largest absolute Gasteiger partial charge is 0.496 e. The van der Waals surface area contributed by atoms with Gasteiger partial charge in [-0.05, 0) is 18.2 Å². The molecular formula is C18H16N4O. The van der Waals surface area contributed by atoms with Crippen LogP contribution in [0.3, 0.4) is 0 Å². The first-order chi connectivity index (χ1) is 11.4. The van der Waals surface area contributed by atoms with Gasteiger partial charge in [0.05, 0.1) is 30.7 Å². The van der Waals surface area contributed by atoms with E-state index in [9.17, 15) is 0 Å². The molecule has 2 aromatic carbocycles. The summed E-state index contributed by atoms with van der Waals surface area (Å²) in [5.74, 6) is 1.68. The molecule has 1 N–H and O–H groups in total. The Labute approximate surface area is 133 Å². The summed E-state index contributed by atoms with van der Waals surface area (Å²) in [7, 11) is 1.68. The highest BCUT2D eigenvalue weighted by Gasteiger charge is 2.09. The number of hydrogen-bond acceptors (Lipinski definition) is 4. The Balaban J connectivity index is 1.74. The van der Waals surface area contributed by atoms with Crippen LogP contribution in [0.2, 0.25) is 0 Å². The molecule has 4 aromatic rings. The number of hydrogen-bond donors (Lipinski definition) is 1. The second-order valence-corrected chi connectivity index (χ2v) is 5.26. The molecule has 0 saturated heterocycles. The average molecular weight is 304 g/mol. The maximum Gasteiger partial charge on any atom is 0.153 e. The van der Waals surface area contributed by atoms with Gasteiger partial charge in [-0.15, -0.1) is 0 Å². The smallest absolute Gasteiger partial charge is 0.153 e. The highest BCUT2D eigenvalue weighted by Crippen LogP contribution is 2.23. The molecule has 0 aliphatic carbocycles. The number of benzene rings is 2.